The fourth-order valence-electron chi connectivity index (χ4n) is 2.97. The summed E-state index contributed by atoms with van der Waals surface area (Å²) in [4.78, 5) is 8.63. The summed E-state index contributed by atoms with van der Waals surface area (Å²) in [7, 11) is 3.21. The van der Waals surface area contributed by atoms with Gasteiger partial charge in [-0.2, -0.15) is 10.2 Å². The van der Waals surface area contributed by atoms with Crippen LogP contribution >= 0.6 is 0 Å². The van der Waals surface area contributed by atoms with Crippen LogP contribution in [-0.2, 0) is 6.54 Å². The molecule has 0 saturated heterocycles. The van der Waals surface area contributed by atoms with Crippen LogP contribution in [0.4, 0.5) is 5.82 Å². The molecule has 0 aliphatic heterocycles. The molecular weight excluding hydrogens is 354 g/mol. The topological polar surface area (TPSA) is 82.1 Å². The second kappa shape index (κ2) is 7.87. The highest BCUT2D eigenvalue weighted by molar-refractivity contribution is 5.95. The Labute approximate surface area is 162 Å². The van der Waals surface area contributed by atoms with E-state index < -0.39 is 0 Å². The van der Waals surface area contributed by atoms with E-state index in [0.717, 1.165) is 33.4 Å². The van der Waals surface area contributed by atoms with E-state index >= 15 is 0 Å². The number of anilines is 1. The smallest absolute Gasteiger partial charge is 0.162 e. The standard InChI is InChI=1S/C21H19N5O2/c1-27-19-8-16-17(13-25-26-18(16)9-20(19)28-2)15-5-6-21(24-12-15)23-11-14-4-3-7-22-10-14/h3-10,12-13H,11H2,1-2H3,(H,23,24). The minimum atomic E-state index is 0.620. The summed E-state index contributed by atoms with van der Waals surface area (Å²) in [6.07, 6.45) is 7.14. The van der Waals surface area contributed by atoms with Crippen LogP contribution in [0.1, 0.15) is 5.56 Å². The lowest BCUT2D eigenvalue weighted by Crippen LogP contribution is -2.01. The van der Waals surface area contributed by atoms with E-state index in [1.807, 2.05) is 48.8 Å². The van der Waals surface area contributed by atoms with Crippen LogP contribution in [0, 0.1) is 0 Å². The quantitative estimate of drug-likeness (QED) is 0.551. The van der Waals surface area contributed by atoms with Gasteiger partial charge in [-0.15, -0.1) is 0 Å². The van der Waals surface area contributed by atoms with Crippen molar-refractivity contribution in [1.82, 2.24) is 20.2 Å². The van der Waals surface area contributed by atoms with Crippen molar-refractivity contribution < 1.29 is 9.47 Å². The second-order valence-corrected chi connectivity index (χ2v) is 6.13. The van der Waals surface area contributed by atoms with Gasteiger partial charge in [-0.25, -0.2) is 4.98 Å². The molecule has 0 radical (unpaired) electrons. The first kappa shape index (κ1) is 17.7. The van der Waals surface area contributed by atoms with Crippen molar-refractivity contribution in [3.63, 3.8) is 0 Å². The SMILES string of the molecule is COc1cc2nncc(-c3ccc(NCc4cccnc4)nc3)c2cc1OC. The Morgan fingerprint density at radius 1 is 0.964 bits per heavy atom. The van der Waals surface area contributed by atoms with E-state index in [0.29, 0.717) is 18.0 Å². The molecule has 28 heavy (non-hydrogen) atoms. The maximum Gasteiger partial charge on any atom is 0.162 e. The average molecular weight is 373 g/mol. The third-order valence-electron chi connectivity index (χ3n) is 4.42. The number of fused-ring (bicyclic) bond motifs is 1. The third kappa shape index (κ3) is 3.55. The Morgan fingerprint density at radius 3 is 2.54 bits per heavy atom. The number of hydrogen-bond donors (Lipinski definition) is 1. The summed E-state index contributed by atoms with van der Waals surface area (Å²) in [5, 5.41) is 12.5. The molecule has 0 saturated carbocycles. The summed E-state index contributed by atoms with van der Waals surface area (Å²) < 4.78 is 10.8. The molecule has 0 fully saturated rings. The van der Waals surface area contributed by atoms with Crippen LogP contribution in [0.2, 0.25) is 0 Å². The molecule has 0 atom stereocenters. The molecule has 1 N–H and O–H groups in total. The lowest BCUT2D eigenvalue weighted by molar-refractivity contribution is 0.356. The van der Waals surface area contributed by atoms with Gasteiger partial charge in [-0.3, -0.25) is 4.98 Å². The van der Waals surface area contributed by atoms with Crippen molar-refractivity contribution in [2.75, 3.05) is 19.5 Å². The number of benzene rings is 1. The highest BCUT2D eigenvalue weighted by atomic mass is 16.5. The van der Waals surface area contributed by atoms with Crippen LogP contribution in [-0.4, -0.2) is 34.4 Å². The number of ether oxygens (including phenoxy) is 2. The number of nitrogens with one attached hydrogen (secondary N) is 1. The summed E-state index contributed by atoms with van der Waals surface area (Å²) in [6, 6.07) is 11.6. The van der Waals surface area contributed by atoms with Gasteiger partial charge in [0.1, 0.15) is 5.82 Å². The molecule has 7 heteroatoms. The normalized spacial score (nSPS) is 10.6. The van der Waals surface area contributed by atoms with E-state index in [9.17, 15) is 0 Å². The van der Waals surface area contributed by atoms with Crippen molar-refractivity contribution in [1.29, 1.82) is 0 Å². The molecule has 1 aromatic carbocycles. The molecule has 140 valence electrons. The monoisotopic (exact) mass is 373 g/mol. The van der Waals surface area contributed by atoms with E-state index in [1.165, 1.54) is 0 Å². The lowest BCUT2D eigenvalue weighted by atomic mass is 10.0. The Kier molecular flexibility index (Phi) is 4.97. The Bertz CT molecular complexity index is 1090. The maximum atomic E-state index is 5.42. The number of rotatable bonds is 6. The first-order valence-corrected chi connectivity index (χ1v) is 8.75. The van der Waals surface area contributed by atoms with Gasteiger partial charge in [-0.05, 0) is 29.8 Å². The molecule has 4 rings (SSSR count). The third-order valence-corrected chi connectivity index (χ3v) is 4.42. The Hall–Kier alpha value is -3.74. The van der Waals surface area contributed by atoms with Crippen LogP contribution in [0.3, 0.4) is 0 Å². The van der Waals surface area contributed by atoms with E-state index in [1.54, 1.807) is 26.6 Å². The fraction of sp³-hybridized carbons (Fsp3) is 0.143. The zero-order valence-electron chi connectivity index (χ0n) is 15.6. The minimum absolute atomic E-state index is 0.620. The number of hydrogen-bond acceptors (Lipinski definition) is 7. The summed E-state index contributed by atoms with van der Waals surface area (Å²) >= 11 is 0. The van der Waals surface area contributed by atoms with Gasteiger partial charge in [0, 0.05) is 47.7 Å². The largest absolute Gasteiger partial charge is 0.493 e. The molecule has 0 amide bonds. The summed E-state index contributed by atoms with van der Waals surface area (Å²) in [5.41, 5.74) is 3.70. The van der Waals surface area contributed by atoms with Crippen LogP contribution < -0.4 is 14.8 Å². The molecule has 3 aromatic heterocycles. The van der Waals surface area contributed by atoms with Gasteiger partial charge in [0.25, 0.3) is 0 Å². The molecule has 3 heterocycles. The Balaban J connectivity index is 1.62. The van der Waals surface area contributed by atoms with Crippen molar-refractivity contribution in [3.8, 4) is 22.6 Å². The van der Waals surface area contributed by atoms with Crippen molar-refractivity contribution in [2.24, 2.45) is 0 Å². The van der Waals surface area contributed by atoms with Gasteiger partial charge in [-0.1, -0.05) is 6.07 Å². The predicted molar refractivity (Wildman–Crippen MR) is 107 cm³/mol. The predicted octanol–water partition coefficient (Wildman–Crippen LogP) is 3.72. The van der Waals surface area contributed by atoms with E-state index in [-0.39, 0.29) is 0 Å². The fourth-order valence-corrected chi connectivity index (χ4v) is 2.97. The van der Waals surface area contributed by atoms with Crippen LogP contribution in [0.25, 0.3) is 22.0 Å². The molecule has 0 bridgehead atoms. The number of methoxy groups -OCH3 is 2. The van der Waals surface area contributed by atoms with Crippen molar-refractivity contribution >= 4 is 16.7 Å². The second-order valence-electron chi connectivity index (χ2n) is 6.13. The molecule has 0 spiro atoms. The van der Waals surface area contributed by atoms with Crippen molar-refractivity contribution in [2.45, 2.75) is 6.54 Å². The highest BCUT2D eigenvalue weighted by Crippen LogP contribution is 2.35. The van der Waals surface area contributed by atoms with E-state index in [2.05, 4.69) is 25.5 Å². The van der Waals surface area contributed by atoms with Crippen molar-refractivity contribution in [3.05, 3.63) is 66.7 Å². The van der Waals surface area contributed by atoms with Gasteiger partial charge >= 0.3 is 0 Å². The van der Waals surface area contributed by atoms with Gasteiger partial charge < -0.3 is 14.8 Å². The first-order valence-electron chi connectivity index (χ1n) is 8.75. The van der Waals surface area contributed by atoms with Crippen LogP contribution in [0.15, 0.2) is 61.2 Å². The van der Waals surface area contributed by atoms with Crippen LogP contribution in [0.5, 0.6) is 11.5 Å². The Morgan fingerprint density at radius 2 is 1.82 bits per heavy atom. The van der Waals surface area contributed by atoms with Gasteiger partial charge in [0.15, 0.2) is 11.5 Å². The molecular formula is C21H19N5O2. The van der Waals surface area contributed by atoms with Gasteiger partial charge in [0.2, 0.25) is 0 Å². The maximum absolute atomic E-state index is 5.42. The summed E-state index contributed by atoms with van der Waals surface area (Å²) in [5.74, 6) is 2.06. The number of nitrogens with zero attached hydrogens (tertiary/aromatic N) is 4. The molecule has 0 aliphatic carbocycles. The molecule has 0 aliphatic rings. The first-order chi connectivity index (χ1) is 13.8. The molecule has 7 nitrogen and oxygen atoms in total. The highest BCUT2D eigenvalue weighted by Gasteiger charge is 2.12. The number of pyridine rings is 2. The zero-order chi connectivity index (χ0) is 19.3. The summed E-state index contributed by atoms with van der Waals surface area (Å²) in [6.45, 7) is 0.664. The van der Waals surface area contributed by atoms with Gasteiger partial charge in [0.05, 0.1) is 25.9 Å². The lowest BCUT2D eigenvalue weighted by Gasteiger charge is -2.11. The average Bonchev–Trinajstić information content (AvgIpc) is 2.77. The molecule has 0 unspecified atom stereocenters. The number of aromatic nitrogens is 4. The van der Waals surface area contributed by atoms with E-state index in [4.69, 9.17) is 9.47 Å². The zero-order valence-corrected chi connectivity index (χ0v) is 15.6. The minimum Gasteiger partial charge on any atom is -0.493 e. The molecule has 4 aromatic rings.